The van der Waals surface area contributed by atoms with E-state index in [4.69, 9.17) is 0 Å². The Balaban J connectivity index is 1.24. The Morgan fingerprint density at radius 2 is 1.26 bits per heavy atom. The molecule has 0 aliphatic heterocycles. The third-order valence-corrected chi connectivity index (χ3v) is 8.37. The van der Waals surface area contributed by atoms with E-state index in [0.29, 0.717) is 47.3 Å². The highest BCUT2D eigenvalue weighted by Crippen LogP contribution is 2.45. The SMILES string of the molecule is CCCc1ccc(C2CCC(C3CCC(CCc4cc(F)c(F)c(F)c4)CC3)CC2)c(F)c1F. The third kappa shape index (κ3) is 5.66. The van der Waals surface area contributed by atoms with Crippen molar-refractivity contribution in [3.63, 3.8) is 0 Å². The summed E-state index contributed by atoms with van der Waals surface area (Å²) in [5.41, 5.74) is 1.54. The first-order valence-electron chi connectivity index (χ1n) is 13.0. The maximum absolute atomic E-state index is 14.7. The van der Waals surface area contributed by atoms with E-state index in [9.17, 15) is 22.0 Å². The quantitative estimate of drug-likeness (QED) is 0.275. The fourth-order valence-corrected chi connectivity index (χ4v) is 6.36. The van der Waals surface area contributed by atoms with Gasteiger partial charge < -0.3 is 0 Å². The monoisotopic (exact) mass is 478 g/mol. The van der Waals surface area contributed by atoms with Gasteiger partial charge in [-0.1, -0.05) is 38.3 Å². The molecule has 0 amide bonds. The van der Waals surface area contributed by atoms with Gasteiger partial charge in [-0.25, -0.2) is 22.0 Å². The summed E-state index contributed by atoms with van der Waals surface area (Å²) in [7, 11) is 0. The maximum Gasteiger partial charge on any atom is 0.194 e. The van der Waals surface area contributed by atoms with Gasteiger partial charge in [0, 0.05) is 0 Å². The van der Waals surface area contributed by atoms with E-state index in [1.807, 2.05) is 6.92 Å². The second kappa shape index (κ2) is 11.2. The molecular weight excluding hydrogens is 443 g/mol. The van der Waals surface area contributed by atoms with Gasteiger partial charge in [-0.3, -0.25) is 0 Å². The molecule has 0 bridgehead atoms. The Labute approximate surface area is 200 Å². The van der Waals surface area contributed by atoms with E-state index in [-0.39, 0.29) is 5.92 Å². The van der Waals surface area contributed by atoms with Crippen LogP contribution in [0, 0.1) is 46.8 Å². The minimum Gasteiger partial charge on any atom is -0.204 e. The third-order valence-electron chi connectivity index (χ3n) is 8.37. The number of aryl methyl sites for hydroxylation is 2. The van der Waals surface area contributed by atoms with Crippen LogP contribution < -0.4 is 0 Å². The molecule has 0 saturated heterocycles. The first-order chi connectivity index (χ1) is 16.4. The molecule has 0 N–H and O–H groups in total. The van der Waals surface area contributed by atoms with E-state index >= 15 is 0 Å². The zero-order valence-electron chi connectivity index (χ0n) is 20.0. The van der Waals surface area contributed by atoms with Crippen LogP contribution in [-0.2, 0) is 12.8 Å². The van der Waals surface area contributed by atoms with Crippen LogP contribution in [0.2, 0.25) is 0 Å². The molecule has 2 fully saturated rings. The lowest BCUT2D eigenvalue weighted by molar-refractivity contribution is 0.156. The minimum atomic E-state index is -1.40. The van der Waals surface area contributed by atoms with Gasteiger partial charge in [-0.2, -0.15) is 0 Å². The van der Waals surface area contributed by atoms with Gasteiger partial charge in [0.15, 0.2) is 29.1 Å². The highest BCUT2D eigenvalue weighted by molar-refractivity contribution is 5.29. The average molecular weight is 479 g/mol. The van der Waals surface area contributed by atoms with Crippen molar-refractivity contribution in [3.05, 3.63) is 70.0 Å². The van der Waals surface area contributed by atoms with Crippen molar-refractivity contribution >= 4 is 0 Å². The normalized spacial score (nSPS) is 25.5. The minimum absolute atomic E-state index is 0.106. The average Bonchev–Trinajstić information content (AvgIpc) is 2.85. The van der Waals surface area contributed by atoms with Crippen LogP contribution >= 0.6 is 0 Å². The van der Waals surface area contributed by atoms with Crippen LogP contribution in [0.5, 0.6) is 0 Å². The molecule has 0 atom stereocenters. The first kappa shape index (κ1) is 25.2. The summed E-state index contributed by atoms with van der Waals surface area (Å²) in [6, 6.07) is 5.78. The molecular formula is C29H35F5. The van der Waals surface area contributed by atoms with Crippen LogP contribution in [0.25, 0.3) is 0 Å². The van der Waals surface area contributed by atoms with Crippen molar-refractivity contribution in [2.24, 2.45) is 17.8 Å². The summed E-state index contributed by atoms with van der Waals surface area (Å²) in [6.45, 7) is 1.97. The summed E-state index contributed by atoms with van der Waals surface area (Å²) in [5, 5.41) is 0. The van der Waals surface area contributed by atoms with E-state index in [0.717, 1.165) is 76.3 Å². The molecule has 0 radical (unpaired) electrons. The number of hydrogen-bond acceptors (Lipinski definition) is 0. The summed E-state index contributed by atoms with van der Waals surface area (Å²) >= 11 is 0. The molecule has 186 valence electrons. The Morgan fingerprint density at radius 3 is 1.85 bits per heavy atom. The van der Waals surface area contributed by atoms with Gasteiger partial charge in [0.1, 0.15) is 0 Å². The predicted octanol–water partition coefficient (Wildman–Crippen LogP) is 9.05. The highest BCUT2D eigenvalue weighted by Gasteiger charge is 2.32. The van der Waals surface area contributed by atoms with Gasteiger partial charge in [-0.15, -0.1) is 0 Å². The van der Waals surface area contributed by atoms with E-state index in [1.165, 1.54) is 0 Å². The summed E-state index contributed by atoms with van der Waals surface area (Å²) < 4.78 is 69.1. The molecule has 0 nitrogen and oxygen atoms in total. The van der Waals surface area contributed by atoms with Gasteiger partial charge in [0.2, 0.25) is 0 Å². The lowest BCUT2D eigenvalue weighted by Crippen LogP contribution is -2.26. The predicted molar refractivity (Wildman–Crippen MR) is 125 cm³/mol. The van der Waals surface area contributed by atoms with E-state index in [2.05, 4.69) is 0 Å². The molecule has 2 saturated carbocycles. The Kier molecular flexibility index (Phi) is 8.31. The molecule has 2 aliphatic carbocycles. The van der Waals surface area contributed by atoms with Crippen molar-refractivity contribution in [3.8, 4) is 0 Å². The molecule has 0 aromatic heterocycles. The molecule has 2 aromatic rings. The summed E-state index contributed by atoms with van der Waals surface area (Å²) in [4.78, 5) is 0. The van der Waals surface area contributed by atoms with Crippen LogP contribution in [0.1, 0.15) is 93.7 Å². The van der Waals surface area contributed by atoms with Gasteiger partial charge in [0.25, 0.3) is 0 Å². The molecule has 2 aliphatic rings. The number of benzene rings is 2. The van der Waals surface area contributed by atoms with Crippen LogP contribution in [0.4, 0.5) is 22.0 Å². The second-order valence-electron chi connectivity index (χ2n) is 10.5. The fourth-order valence-electron chi connectivity index (χ4n) is 6.36. The van der Waals surface area contributed by atoms with Crippen molar-refractivity contribution in [2.75, 3.05) is 0 Å². The highest BCUT2D eigenvalue weighted by atomic mass is 19.2. The Hall–Kier alpha value is -1.91. The maximum atomic E-state index is 14.7. The number of rotatable bonds is 7. The molecule has 0 heterocycles. The zero-order valence-corrected chi connectivity index (χ0v) is 20.0. The van der Waals surface area contributed by atoms with Crippen LogP contribution in [0.15, 0.2) is 24.3 Å². The van der Waals surface area contributed by atoms with Crippen molar-refractivity contribution in [1.29, 1.82) is 0 Å². The summed E-state index contributed by atoms with van der Waals surface area (Å²) in [5.74, 6) is -2.99. The molecule has 2 aromatic carbocycles. The molecule has 34 heavy (non-hydrogen) atoms. The molecule has 5 heteroatoms. The van der Waals surface area contributed by atoms with Crippen molar-refractivity contribution in [1.82, 2.24) is 0 Å². The first-order valence-corrected chi connectivity index (χ1v) is 13.0. The van der Waals surface area contributed by atoms with Crippen molar-refractivity contribution in [2.45, 2.75) is 89.9 Å². The summed E-state index contributed by atoms with van der Waals surface area (Å²) in [6.07, 6.45) is 11.3. The lowest BCUT2D eigenvalue weighted by Gasteiger charge is -2.38. The Morgan fingerprint density at radius 1 is 0.676 bits per heavy atom. The van der Waals surface area contributed by atoms with E-state index in [1.54, 1.807) is 12.1 Å². The van der Waals surface area contributed by atoms with Crippen LogP contribution in [0.3, 0.4) is 0 Å². The number of hydrogen-bond donors (Lipinski definition) is 0. The van der Waals surface area contributed by atoms with Gasteiger partial charge >= 0.3 is 0 Å². The molecule has 0 unspecified atom stereocenters. The zero-order chi connectivity index (χ0) is 24.2. The van der Waals surface area contributed by atoms with Gasteiger partial charge in [-0.05, 0) is 110 Å². The topological polar surface area (TPSA) is 0 Å². The van der Waals surface area contributed by atoms with Crippen LogP contribution in [-0.4, -0.2) is 0 Å². The molecule has 4 rings (SSSR count). The van der Waals surface area contributed by atoms with Gasteiger partial charge in [0.05, 0.1) is 0 Å². The smallest absolute Gasteiger partial charge is 0.194 e. The Bertz CT molecular complexity index is 946. The standard InChI is InChI=1S/C29H35F5/c1-2-3-23-14-15-24(28(33)27(23)32)22-12-10-21(11-13-22)20-8-6-18(7-9-20)4-5-19-16-25(30)29(34)26(31)17-19/h14-18,20-22H,2-13H2,1H3. The lowest BCUT2D eigenvalue weighted by atomic mass is 9.68. The largest absolute Gasteiger partial charge is 0.204 e. The second-order valence-corrected chi connectivity index (χ2v) is 10.5. The van der Waals surface area contributed by atoms with E-state index < -0.39 is 29.1 Å². The number of halogens is 5. The molecule has 0 spiro atoms. The van der Waals surface area contributed by atoms with Crippen molar-refractivity contribution < 1.29 is 22.0 Å². The fraction of sp³-hybridized carbons (Fsp3) is 0.586.